The lowest BCUT2D eigenvalue weighted by Gasteiger charge is -2.04. The van der Waals surface area contributed by atoms with Gasteiger partial charge in [0.05, 0.1) is 9.21 Å². The zero-order chi connectivity index (χ0) is 12.3. The van der Waals surface area contributed by atoms with Crippen LogP contribution in [0.4, 0.5) is 5.69 Å². The Morgan fingerprint density at radius 1 is 1.24 bits per heavy atom. The SMILES string of the molecule is Nc1ccc(OCC(=O)c2ccc(Cl)s2)cc1. The Labute approximate surface area is 108 Å². The molecular formula is C12H10ClNO2S. The minimum Gasteiger partial charge on any atom is -0.485 e. The number of hydrogen-bond acceptors (Lipinski definition) is 4. The first kappa shape index (κ1) is 12.0. The molecule has 0 bridgehead atoms. The summed E-state index contributed by atoms with van der Waals surface area (Å²) in [5.41, 5.74) is 6.20. The molecule has 0 spiro atoms. The quantitative estimate of drug-likeness (QED) is 0.683. The van der Waals surface area contributed by atoms with Crippen molar-refractivity contribution in [1.29, 1.82) is 0 Å². The zero-order valence-electron chi connectivity index (χ0n) is 8.85. The highest BCUT2D eigenvalue weighted by Gasteiger charge is 2.09. The molecule has 0 aliphatic carbocycles. The van der Waals surface area contributed by atoms with Crippen molar-refractivity contribution in [3.63, 3.8) is 0 Å². The molecule has 5 heteroatoms. The molecular weight excluding hydrogens is 258 g/mol. The standard InChI is InChI=1S/C12H10ClNO2S/c13-12-6-5-11(17-12)10(15)7-16-9-3-1-8(14)2-4-9/h1-6H,7,14H2. The fourth-order valence-electron chi connectivity index (χ4n) is 1.25. The van der Waals surface area contributed by atoms with Crippen LogP contribution in [-0.2, 0) is 0 Å². The van der Waals surface area contributed by atoms with Crippen LogP contribution in [0.5, 0.6) is 5.75 Å². The molecule has 0 aliphatic rings. The van der Waals surface area contributed by atoms with E-state index in [0.717, 1.165) is 0 Å². The van der Waals surface area contributed by atoms with Gasteiger partial charge in [-0.2, -0.15) is 0 Å². The highest BCUT2D eigenvalue weighted by atomic mass is 35.5. The Kier molecular flexibility index (Phi) is 3.66. The largest absolute Gasteiger partial charge is 0.485 e. The van der Waals surface area contributed by atoms with Gasteiger partial charge in [0, 0.05) is 5.69 Å². The van der Waals surface area contributed by atoms with Gasteiger partial charge < -0.3 is 10.5 Å². The number of ether oxygens (including phenoxy) is 1. The molecule has 0 aliphatic heterocycles. The van der Waals surface area contributed by atoms with Crippen molar-refractivity contribution in [2.75, 3.05) is 12.3 Å². The number of Topliss-reactive ketones (excluding diaryl/α,β-unsaturated/α-hetero) is 1. The van der Waals surface area contributed by atoms with Crippen LogP contribution in [0, 0.1) is 0 Å². The number of anilines is 1. The number of halogens is 1. The highest BCUT2D eigenvalue weighted by Crippen LogP contribution is 2.22. The van der Waals surface area contributed by atoms with Gasteiger partial charge in [-0.3, -0.25) is 4.79 Å². The van der Waals surface area contributed by atoms with Crippen LogP contribution < -0.4 is 10.5 Å². The van der Waals surface area contributed by atoms with Crippen LogP contribution >= 0.6 is 22.9 Å². The monoisotopic (exact) mass is 267 g/mol. The zero-order valence-corrected chi connectivity index (χ0v) is 10.4. The first-order chi connectivity index (χ1) is 8.15. The molecule has 2 aromatic rings. The first-order valence-electron chi connectivity index (χ1n) is 4.92. The minimum atomic E-state index is -0.0845. The molecule has 0 amide bonds. The van der Waals surface area contributed by atoms with E-state index in [0.29, 0.717) is 20.7 Å². The first-order valence-corrected chi connectivity index (χ1v) is 6.11. The molecule has 1 heterocycles. The maximum atomic E-state index is 11.7. The highest BCUT2D eigenvalue weighted by molar-refractivity contribution is 7.18. The van der Waals surface area contributed by atoms with E-state index in [1.807, 2.05) is 0 Å². The van der Waals surface area contributed by atoms with E-state index >= 15 is 0 Å². The number of rotatable bonds is 4. The van der Waals surface area contributed by atoms with E-state index in [1.54, 1.807) is 36.4 Å². The van der Waals surface area contributed by atoms with Gasteiger partial charge in [0.15, 0.2) is 6.61 Å². The molecule has 2 rings (SSSR count). The molecule has 0 saturated heterocycles. The van der Waals surface area contributed by atoms with Gasteiger partial charge in [-0.25, -0.2) is 0 Å². The summed E-state index contributed by atoms with van der Waals surface area (Å²) in [4.78, 5) is 12.3. The van der Waals surface area contributed by atoms with Gasteiger partial charge in [-0.15, -0.1) is 11.3 Å². The molecule has 1 aromatic carbocycles. The van der Waals surface area contributed by atoms with Crippen LogP contribution in [0.25, 0.3) is 0 Å². The molecule has 17 heavy (non-hydrogen) atoms. The smallest absolute Gasteiger partial charge is 0.210 e. The Morgan fingerprint density at radius 2 is 1.94 bits per heavy atom. The van der Waals surface area contributed by atoms with Crippen molar-refractivity contribution >= 4 is 34.4 Å². The van der Waals surface area contributed by atoms with E-state index < -0.39 is 0 Å². The third-order valence-electron chi connectivity index (χ3n) is 2.10. The fourth-order valence-corrected chi connectivity index (χ4v) is 2.22. The van der Waals surface area contributed by atoms with Crippen LogP contribution in [0.15, 0.2) is 36.4 Å². The number of hydrogen-bond donors (Lipinski definition) is 1. The second-order valence-electron chi connectivity index (χ2n) is 3.38. The van der Waals surface area contributed by atoms with Crippen LogP contribution in [0.2, 0.25) is 4.34 Å². The van der Waals surface area contributed by atoms with Gasteiger partial charge in [0.2, 0.25) is 5.78 Å². The van der Waals surface area contributed by atoms with Gasteiger partial charge in [0.25, 0.3) is 0 Å². The third kappa shape index (κ3) is 3.22. The number of carbonyl (C=O) groups excluding carboxylic acids is 1. The Hall–Kier alpha value is -1.52. The predicted molar refractivity (Wildman–Crippen MR) is 70.0 cm³/mol. The number of thiophene rings is 1. The van der Waals surface area contributed by atoms with Crippen molar-refractivity contribution in [2.24, 2.45) is 0 Å². The van der Waals surface area contributed by atoms with Crippen LogP contribution in [0.1, 0.15) is 9.67 Å². The van der Waals surface area contributed by atoms with E-state index in [1.165, 1.54) is 11.3 Å². The summed E-state index contributed by atoms with van der Waals surface area (Å²) in [6.45, 7) is 0.000754. The summed E-state index contributed by atoms with van der Waals surface area (Å²) in [6.07, 6.45) is 0. The van der Waals surface area contributed by atoms with E-state index in [9.17, 15) is 4.79 Å². The van der Waals surface area contributed by atoms with E-state index in [-0.39, 0.29) is 12.4 Å². The van der Waals surface area contributed by atoms with Gasteiger partial charge in [-0.1, -0.05) is 11.6 Å². The van der Waals surface area contributed by atoms with Crippen molar-refractivity contribution in [3.8, 4) is 5.75 Å². The Balaban J connectivity index is 1.94. The fraction of sp³-hybridized carbons (Fsp3) is 0.0833. The normalized spacial score (nSPS) is 10.2. The lowest BCUT2D eigenvalue weighted by Crippen LogP contribution is -2.09. The molecule has 3 nitrogen and oxygen atoms in total. The molecule has 0 fully saturated rings. The van der Waals surface area contributed by atoms with Gasteiger partial charge in [-0.05, 0) is 36.4 Å². The molecule has 0 saturated carbocycles. The van der Waals surface area contributed by atoms with Crippen LogP contribution in [0.3, 0.4) is 0 Å². The number of nitrogens with two attached hydrogens (primary N) is 1. The number of benzene rings is 1. The van der Waals surface area contributed by atoms with Crippen molar-refractivity contribution in [3.05, 3.63) is 45.6 Å². The Morgan fingerprint density at radius 3 is 2.53 bits per heavy atom. The van der Waals surface area contributed by atoms with E-state index in [4.69, 9.17) is 22.1 Å². The third-order valence-corrected chi connectivity index (χ3v) is 3.37. The van der Waals surface area contributed by atoms with Crippen molar-refractivity contribution in [1.82, 2.24) is 0 Å². The average Bonchev–Trinajstić information content (AvgIpc) is 2.75. The number of nitrogen functional groups attached to an aromatic ring is 1. The van der Waals surface area contributed by atoms with Gasteiger partial charge >= 0.3 is 0 Å². The minimum absolute atomic E-state index is 0.000754. The molecule has 0 radical (unpaired) electrons. The van der Waals surface area contributed by atoms with Gasteiger partial charge in [0.1, 0.15) is 5.75 Å². The number of ketones is 1. The second-order valence-corrected chi connectivity index (χ2v) is 5.10. The Bertz CT molecular complexity index is 522. The summed E-state index contributed by atoms with van der Waals surface area (Å²) in [6, 6.07) is 10.3. The molecule has 2 N–H and O–H groups in total. The summed E-state index contributed by atoms with van der Waals surface area (Å²) in [7, 11) is 0. The summed E-state index contributed by atoms with van der Waals surface area (Å²) >= 11 is 7.00. The van der Waals surface area contributed by atoms with E-state index in [2.05, 4.69) is 0 Å². The molecule has 0 unspecified atom stereocenters. The van der Waals surface area contributed by atoms with Crippen molar-refractivity contribution in [2.45, 2.75) is 0 Å². The summed E-state index contributed by atoms with van der Waals surface area (Å²) < 4.78 is 5.94. The molecule has 0 atom stereocenters. The topological polar surface area (TPSA) is 52.3 Å². The maximum Gasteiger partial charge on any atom is 0.210 e. The lowest BCUT2D eigenvalue weighted by molar-refractivity contribution is 0.0925. The second kappa shape index (κ2) is 5.21. The lowest BCUT2D eigenvalue weighted by atomic mass is 10.3. The van der Waals surface area contributed by atoms with Crippen LogP contribution in [-0.4, -0.2) is 12.4 Å². The average molecular weight is 268 g/mol. The summed E-state index contributed by atoms with van der Waals surface area (Å²) in [5.74, 6) is 0.536. The molecule has 88 valence electrons. The maximum absolute atomic E-state index is 11.7. The molecule has 1 aromatic heterocycles. The predicted octanol–water partition coefficient (Wildman–Crippen LogP) is 3.25. The number of carbonyl (C=O) groups is 1. The summed E-state index contributed by atoms with van der Waals surface area (Å²) in [5, 5.41) is 0. The van der Waals surface area contributed by atoms with Crippen molar-refractivity contribution < 1.29 is 9.53 Å².